The zero-order valence-corrected chi connectivity index (χ0v) is 18.4. The van der Waals surface area contributed by atoms with E-state index in [0.29, 0.717) is 11.3 Å². The largest absolute Gasteiger partial charge is 0.497 e. The number of rotatable bonds is 5. The molecule has 2 aromatic rings. The van der Waals surface area contributed by atoms with Gasteiger partial charge in [-0.25, -0.2) is 4.79 Å². The van der Waals surface area contributed by atoms with Gasteiger partial charge in [0.25, 0.3) is 5.56 Å². The van der Waals surface area contributed by atoms with Crippen molar-refractivity contribution in [2.45, 2.75) is 44.2 Å². The Morgan fingerprint density at radius 3 is 2.59 bits per heavy atom. The summed E-state index contributed by atoms with van der Waals surface area (Å²) in [5, 5.41) is 0. The van der Waals surface area contributed by atoms with Crippen molar-refractivity contribution in [1.29, 1.82) is 0 Å². The topological polar surface area (TPSA) is 149 Å². The molecule has 3 N–H and O–H groups in total. The number of aromatic nitrogens is 2. The Balaban J connectivity index is 1.83. The number of nitrogens with zero attached hydrogens (tertiary/aromatic N) is 1. The van der Waals surface area contributed by atoms with Gasteiger partial charge < -0.3 is 28.7 Å². The summed E-state index contributed by atoms with van der Waals surface area (Å²) in [5.41, 5.74) is -0.540. The molecule has 32 heavy (non-hydrogen) atoms. The van der Waals surface area contributed by atoms with Crippen molar-refractivity contribution in [2.75, 3.05) is 7.11 Å². The number of methoxy groups -OCH3 is 1. The van der Waals surface area contributed by atoms with Crippen LogP contribution in [0.1, 0.15) is 20.1 Å². The van der Waals surface area contributed by atoms with Crippen LogP contribution in [0.5, 0.6) is 5.75 Å². The van der Waals surface area contributed by atoms with Gasteiger partial charge in [0.1, 0.15) is 24.1 Å². The number of aromatic amines is 1. The van der Waals surface area contributed by atoms with Crippen molar-refractivity contribution in [3.05, 3.63) is 63.1 Å². The normalized spacial score (nSPS) is 27.0. The maximum absolute atomic E-state index is 12.9. The molecular formula is C20H23N2O9P. The van der Waals surface area contributed by atoms with Gasteiger partial charge in [-0.15, -0.1) is 0 Å². The van der Waals surface area contributed by atoms with E-state index in [2.05, 4.69) is 4.98 Å². The molecule has 0 amide bonds. The number of hydrogen-bond donors (Lipinski definition) is 3. The average molecular weight is 466 g/mol. The molecule has 0 spiro atoms. The summed E-state index contributed by atoms with van der Waals surface area (Å²) in [4.78, 5) is 45.7. The number of hydrogen-bond acceptors (Lipinski definition) is 7. The van der Waals surface area contributed by atoms with Crippen molar-refractivity contribution >= 4 is 7.60 Å². The van der Waals surface area contributed by atoms with Crippen LogP contribution >= 0.6 is 7.60 Å². The van der Waals surface area contributed by atoms with Crippen LogP contribution in [-0.4, -0.2) is 50.5 Å². The zero-order valence-electron chi connectivity index (χ0n) is 17.5. The first-order chi connectivity index (χ1) is 15.0. The number of benzene rings is 1. The fourth-order valence-electron chi connectivity index (χ4n) is 3.93. The first-order valence-electron chi connectivity index (χ1n) is 9.73. The lowest BCUT2D eigenvalue weighted by molar-refractivity contribution is -0.191. The molecule has 2 aliphatic heterocycles. The van der Waals surface area contributed by atoms with Gasteiger partial charge in [-0.2, -0.15) is 0 Å². The molecule has 11 nitrogen and oxygen atoms in total. The molecule has 172 valence electrons. The number of H-pyrrole nitrogens is 1. The van der Waals surface area contributed by atoms with Crippen molar-refractivity contribution in [2.24, 2.45) is 0 Å². The van der Waals surface area contributed by atoms with E-state index in [9.17, 15) is 23.9 Å². The fourth-order valence-corrected chi connectivity index (χ4v) is 4.32. The highest BCUT2D eigenvalue weighted by molar-refractivity contribution is 7.55. The Kier molecular flexibility index (Phi) is 5.74. The van der Waals surface area contributed by atoms with E-state index in [1.54, 1.807) is 38.1 Å². The lowest BCUT2D eigenvalue weighted by Crippen LogP contribution is -2.38. The smallest absolute Gasteiger partial charge is 0.348 e. The third kappa shape index (κ3) is 4.49. The van der Waals surface area contributed by atoms with E-state index in [0.717, 1.165) is 5.82 Å². The van der Waals surface area contributed by atoms with Crippen LogP contribution in [0.25, 0.3) is 11.3 Å². The first kappa shape index (κ1) is 22.7. The molecule has 0 saturated carbocycles. The Hall–Kier alpha value is -2.53. The summed E-state index contributed by atoms with van der Waals surface area (Å²) in [6.45, 7) is 3.37. The van der Waals surface area contributed by atoms with E-state index in [4.69, 9.17) is 18.9 Å². The predicted molar refractivity (Wildman–Crippen MR) is 112 cm³/mol. The van der Waals surface area contributed by atoms with Crippen molar-refractivity contribution < 1.29 is 33.3 Å². The van der Waals surface area contributed by atoms with E-state index >= 15 is 0 Å². The molecule has 0 aliphatic carbocycles. The van der Waals surface area contributed by atoms with E-state index < -0.39 is 49.2 Å². The fraction of sp³-hybridized carbons (Fsp3) is 0.400. The van der Waals surface area contributed by atoms with Gasteiger partial charge >= 0.3 is 13.3 Å². The van der Waals surface area contributed by atoms with Gasteiger partial charge in [0.05, 0.1) is 12.8 Å². The SMILES string of the molecule is COc1cccc(-c2cc(=O)[nH]c(=O)n2[C@@H]2O[C@H](/C=C/P(=O)(O)O)[C@H]3OC(C)(C)O[C@H]32)c1. The maximum Gasteiger partial charge on any atom is 0.348 e. The molecule has 0 bridgehead atoms. The third-order valence-corrected chi connectivity index (χ3v) is 5.69. The van der Waals surface area contributed by atoms with Crippen LogP contribution < -0.4 is 16.0 Å². The summed E-state index contributed by atoms with van der Waals surface area (Å²) in [7, 11) is -2.95. The summed E-state index contributed by atoms with van der Waals surface area (Å²) >= 11 is 0. The average Bonchev–Trinajstić information content (AvgIpc) is 3.18. The zero-order chi connectivity index (χ0) is 23.3. The first-order valence-corrected chi connectivity index (χ1v) is 11.4. The van der Waals surface area contributed by atoms with Gasteiger partial charge in [-0.05, 0) is 32.1 Å². The Morgan fingerprint density at radius 1 is 1.19 bits per heavy atom. The van der Waals surface area contributed by atoms with Crippen LogP contribution in [0.3, 0.4) is 0 Å². The third-order valence-electron chi connectivity index (χ3n) is 5.13. The standard InChI is InChI=1S/C20H23N2O9P/c1-20(2)30-16-14(7-8-32(25,26)27)29-18(17(16)31-20)22-13(10-15(23)21-19(22)24)11-5-4-6-12(9-11)28-3/h4-10,14,16-18H,1-3H3,(H,21,23,24)(H2,25,26,27)/b8-7+/t14-,16-,17-,18-/m1/s1. The Labute approximate surface area is 182 Å². The van der Waals surface area contributed by atoms with Crippen molar-refractivity contribution in [3.8, 4) is 17.0 Å². The molecule has 2 aliphatic rings. The minimum absolute atomic E-state index is 0.259. The molecule has 0 radical (unpaired) electrons. The molecule has 3 heterocycles. The number of nitrogens with one attached hydrogen (secondary N) is 1. The number of ether oxygens (including phenoxy) is 4. The summed E-state index contributed by atoms with van der Waals surface area (Å²) in [5.74, 6) is 0.230. The van der Waals surface area contributed by atoms with Crippen LogP contribution in [-0.2, 0) is 18.8 Å². The Bertz CT molecular complexity index is 1210. The van der Waals surface area contributed by atoms with Gasteiger partial charge in [0, 0.05) is 17.4 Å². The summed E-state index contributed by atoms with van der Waals surface area (Å²) < 4.78 is 35.6. The molecule has 4 rings (SSSR count). The highest BCUT2D eigenvalue weighted by Gasteiger charge is 2.55. The summed E-state index contributed by atoms with van der Waals surface area (Å²) in [6, 6.07) is 8.07. The second-order valence-electron chi connectivity index (χ2n) is 7.91. The predicted octanol–water partition coefficient (Wildman–Crippen LogP) is 1.32. The van der Waals surface area contributed by atoms with Gasteiger partial charge in [-0.3, -0.25) is 18.9 Å². The van der Waals surface area contributed by atoms with Gasteiger partial charge in [0.15, 0.2) is 12.0 Å². The van der Waals surface area contributed by atoms with Gasteiger partial charge in [0.2, 0.25) is 0 Å². The van der Waals surface area contributed by atoms with Gasteiger partial charge in [-0.1, -0.05) is 12.1 Å². The van der Waals surface area contributed by atoms with E-state index in [1.807, 2.05) is 0 Å². The number of fused-ring (bicyclic) bond motifs is 1. The molecule has 12 heteroatoms. The quantitative estimate of drug-likeness (QED) is 0.555. The lowest BCUT2D eigenvalue weighted by Gasteiger charge is -2.25. The highest BCUT2D eigenvalue weighted by atomic mass is 31.2. The second kappa shape index (κ2) is 8.11. The molecule has 1 aromatic carbocycles. The minimum atomic E-state index is -4.45. The van der Waals surface area contributed by atoms with Crippen LogP contribution in [0, 0.1) is 0 Å². The lowest BCUT2D eigenvalue weighted by atomic mass is 10.1. The van der Waals surface area contributed by atoms with Crippen LogP contribution in [0.2, 0.25) is 0 Å². The monoisotopic (exact) mass is 466 g/mol. The molecule has 2 saturated heterocycles. The van der Waals surface area contributed by atoms with E-state index in [1.165, 1.54) is 23.8 Å². The van der Waals surface area contributed by atoms with E-state index in [-0.39, 0.29) is 5.69 Å². The van der Waals surface area contributed by atoms with Crippen molar-refractivity contribution in [1.82, 2.24) is 9.55 Å². The minimum Gasteiger partial charge on any atom is -0.497 e. The van der Waals surface area contributed by atoms with Crippen LogP contribution in [0.4, 0.5) is 0 Å². The highest BCUT2D eigenvalue weighted by Crippen LogP contribution is 2.45. The molecule has 2 fully saturated rings. The second-order valence-corrected chi connectivity index (χ2v) is 9.39. The molecular weight excluding hydrogens is 443 g/mol. The maximum atomic E-state index is 12.9. The molecule has 0 unspecified atom stereocenters. The van der Waals surface area contributed by atoms with Crippen molar-refractivity contribution in [3.63, 3.8) is 0 Å². The van der Waals surface area contributed by atoms with Crippen LogP contribution in [0.15, 0.2) is 51.8 Å². The summed E-state index contributed by atoms with van der Waals surface area (Å²) in [6.07, 6.45) is -2.28. The molecule has 4 atom stereocenters. The molecule has 1 aromatic heterocycles. The Morgan fingerprint density at radius 2 is 1.91 bits per heavy atom.